The molecule has 1 aliphatic heterocycles. The van der Waals surface area contributed by atoms with Crippen molar-refractivity contribution in [3.8, 4) is 0 Å². The minimum atomic E-state index is -0.326. The number of hydrogen-bond acceptors (Lipinski definition) is 5. The molecule has 2 heterocycles. The van der Waals surface area contributed by atoms with Crippen LogP contribution in [0.5, 0.6) is 0 Å². The normalized spacial score (nSPS) is 20.4. The van der Waals surface area contributed by atoms with Crippen LogP contribution in [0.3, 0.4) is 0 Å². The van der Waals surface area contributed by atoms with Crippen LogP contribution >= 0.6 is 23.7 Å². The quantitative estimate of drug-likeness (QED) is 0.682. The standard InChI is InChI=1S/C11H17N3O2S.ClH/c12-5-9-2-1-3-13(6-9)7-10-4-11(14(15)16)17-8-10;/h4,8-9H,1-3,5-7,12H2;1H. The van der Waals surface area contributed by atoms with Crippen molar-refractivity contribution in [1.29, 1.82) is 0 Å². The number of nitrogens with zero attached hydrogens (tertiary/aromatic N) is 2. The van der Waals surface area contributed by atoms with E-state index in [4.69, 9.17) is 5.73 Å². The maximum absolute atomic E-state index is 10.6. The van der Waals surface area contributed by atoms with Crippen molar-refractivity contribution in [2.24, 2.45) is 11.7 Å². The van der Waals surface area contributed by atoms with Gasteiger partial charge in [-0.2, -0.15) is 0 Å². The summed E-state index contributed by atoms with van der Waals surface area (Å²) in [5, 5.41) is 12.7. The van der Waals surface area contributed by atoms with Gasteiger partial charge in [0.2, 0.25) is 0 Å². The number of piperidine rings is 1. The Balaban J connectivity index is 0.00000162. The largest absolute Gasteiger partial charge is 0.330 e. The molecule has 1 aromatic rings. The van der Waals surface area contributed by atoms with Crippen molar-refractivity contribution >= 4 is 28.7 Å². The van der Waals surface area contributed by atoms with Crippen LogP contribution in [0.2, 0.25) is 0 Å². The van der Waals surface area contributed by atoms with Gasteiger partial charge in [0.15, 0.2) is 0 Å². The first kappa shape index (κ1) is 15.4. The van der Waals surface area contributed by atoms with Crippen LogP contribution in [-0.4, -0.2) is 29.5 Å². The van der Waals surface area contributed by atoms with Gasteiger partial charge in [0.25, 0.3) is 0 Å². The number of nitrogens with two attached hydrogens (primary N) is 1. The van der Waals surface area contributed by atoms with E-state index in [9.17, 15) is 10.1 Å². The van der Waals surface area contributed by atoms with Crippen molar-refractivity contribution in [1.82, 2.24) is 4.90 Å². The monoisotopic (exact) mass is 291 g/mol. The summed E-state index contributed by atoms with van der Waals surface area (Å²) in [6.45, 7) is 3.63. The van der Waals surface area contributed by atoms with E-state index in [2.05, 4.69) is 4.90 Å². The molecule has 5 nitrogen and oxygen atoms in total. The average Bonchev–Trinajstić information content (AvgIpc) is 2.78. The summed E-state index contributed by atoms with van der Waals surface area (Å²) in [6.07, 6.45) is 2.38. The van der Waals surface area contributed by atoms with Gasteiger partial charge in [-0.15, -0.1) is 12.4 Å². The van der Waals surface area contributed by atoms with Gasteiger partial charge in [0.1, 0.15) is 0 Å². The van der Waals surface area contributed by atoms with Gasteiger partial charge in [-0.3, -0.25) is 15.0 Å². The van der Waals surface area contributed by atoms with Crippen molar-refractivity contribution < 1.29 is 4.92 Å². The van der Waals surface area contributed by atoms with Gasteiger partial charge in [0, 0.05) is 24.5 Å². The number of thiophene rings is 1. The highest BCUT2D eigenvalue weighted by Gasteiger charge is 2.19. The first-order chi connectivity index (χ1) is 8.19. The first-order valence-electron chi connectivity index (χ1n) is 5.83. The third-order valence-corrected chi connectivity index (χ3v) is 4.09. The predicted molar refractivity (Wildman–Crippen MR) is 75.3 cm³/mol. The highest BCUT2D eigenvalue weighted by Crippen LogP contribution is 2.25. The van der Waals surface area contributed by atoms with Crippen LogP contribution < -0.4 is 5.73 Å². The molecule has 0 bridgehead atoms. The second-order valence-electron chi connectivity index (χ2n) is 4.53. The average molecular weight is 292 g/mol. The molecule has 0 aromatic carbocycles. The fourth-order valence-electron chi connectivity index (χ4n) is 2.29. The molecule has 1 saturated heterocycles. The highest BCUT2D eigenvalue weighted by atomic mass is 35.5. The van der Waals surface area contributed by atoms with Crippen molar-refractivity contribution in [2.75, 3.05) is 19.6 Å². The fraction of sp³-hybridized carbons (Fsp3) is 0.636. The second kappa shape index (κ2) is 7.04. The Morgan fingerprint density at radius 3 is 3.00 bits per heavy atom. The Kier molecular flexibility index (Phi) is 6.01. The Labute approximate surface area is 117 Å². The fourth-order valence-corrected chi connectivity index (χ4v) is 3.01. The Morgan fingerprint density at radius 1 is 1.61 bits per heavy atom. The number of hydrogen-bond donors (Lipinski definition) is 1. The summed E-state index contributed by atoms with van der Waals surface area (Å²) in [7, 11) is 0. The van der Waals surface area contributed by atoms with Gasteiger partial charge < -0.3 is 5.73 Å². The van der Waals surface area contributed by atoms with Crippen LogP contribution in [0.25, 0.3) is 0 Å². The molecule has 0 spiro atoms. The molecule has 2 N–H and O–H groups in total. The van der Waals surface area contributed by atoms with Crippen LogP contribution in [0.1, 0.15) is 18.4 Å². The summed E-state index contributed by atoms with van der Waals surface area (Å²) in [4.78, 5) is 12.6. The number of nitro groups is 1. The number of halogens is 1. The minimum absolute atomic E-state index is 0. The van der Waals surface area contributed by atoms with Gasteiger partial charge >= 0.3 is 5.00 Å². The zero-order valence-electron chi connectivity index (χ0n) is 10.1. The van der Waals surface area contributed by atoms with Crippen molar-refractivity contribution in [3.05, 3.63) is 27.1 Å². The molecule has 1 fully saturated rings. The zero-order valence-corrected chi connectivity index (χ0v) is 11.7. The lowest BCUT2D eigenvalue weighted by atomic mass is 9.98. The molecule has 0 amide bonds. The molecular weight excluding hydrogens is 274 g/mol. The topological polar surface area (TPSA) is 72.4 Å². The molecule has 0 radical (unpaired) electrons. The summed E-state index contributed by atoms with van der Waals surface area (Å²) in [5.74, 6) is 0.581. The SMILES string of the molecule is Cl.NCC1CCCN(Cc2csc([N+](=O)[O-])c2)C1. The van der Waals surface area contributed by atoms with E-state index in [-0.39, 0.29) is 22.3 Å². The molecule has 18 heavy (non-hydrogen) atoms. The Hall–Kier alpha value is -0.690. The zero-order chi connectivity index (χ0) is 12.3. The van der Waals surface area contributed by atoms with Gasteiger partial charge in [-0.1, -0.05) is 11.3 Å². The molecule has 1 unspecified atom stereocenters. The van der Waals surface area contributed by atoms with Crippen molar-refractivity contribution in [2.45, 2.75) is 19.4 Å². The van der Waals surface area contributed by atoms with Crippen molar-refractivity contribution in [3.63, 3.8) is 0 Å². The molecule has 0 saturated carbocycles. The minimum Gasteiger partial charge on any atom is -0.330 e. The maximum Gasteiger partial charge on any atom is 0.324 e. The van der Waals surface area contributed by atoms with Crippen LogP contribution in [0.15, 0.2) is 11.4 Å². The van der Waals surface area contributed by atoms with Gasteiger partial charge in [0.05, 0.1) is 4.92 Å². The summed E-state index contributed by atoms with van der Waals surface area (Å²) in [6, 6.07) is 1.68. The van der Waals surface area contributed by atoms with E-state index in [0.717, 1.165) is 31.7 Å². The van der Waals surface area contributed by atoms with Crippen LogP contribution in [-0.2, 0) is 6.54 Å². The molecule has 1 aliphatic rings. The second-order valence-corrected chi connectivity index (χ2v) is 5.42. The van der Waals surface area contributed by atoms with E-state index in [1.807, 2.05) is 5.38 Å². The molecule has 102 valence electrons. The highest BCUT2D eigenvalue weighted by molar-refractivity contribution is 7.13. The predicted octanol–water partition coefficient (Wildman–Crippen LogP) is 2.25. The van der Waals surface area contributed by atoms with E-state index in [1.54, 1.807) is 6.07 Å². The molecule has 0 aliphatic carbocycles. The summed E-state index contributed by atoms with van der Waals surface area (Å²) >= 11 is 1.20. The van der Waals surface area contributed by atoms with E-state index in [0.29, 0.717) is 5.92 Å². The lowest BCUT2D eigenvalue weighted by molar-refractivity contribution is -0.380. The summed E-state index contributed by atoms with van der Waals surface area (Å²) in [5.41, 5.74) is 6.73. The Bertz CT molecular complexity index is 399. The van der Waals surface area contributed by atoms with E-state index < -0.39 is 0 Å². The smallest absolute Gasteiger partial charge is 0.324 e. The van der Waals surface area contributed by atoms with Crippen LogP contribution in [0, 0.1) is 16.0 Å². The molecule has 2 rings (SSSR count). The molecule has 1 aromatic heterocycles. The lowest BCUT2D eigenvalue weighted by Crippen LogP contribution is -2.37. The third-order valence-electron chi connectivity index (χ3n) is 3.16. The lowest BCUT2D eigenvalue weighted by Gasteiger charge is -2.31. The summed E-state index contributed by atoms with van der Waals surface area (Å²) < 4.78 is 0. The third kappa shape index (κ3) is 3.91. The number of rotatable bonds is 4. The van der Waals surface area contributed by atoms with Gasteiger partial charge in [-0.25, -0.2) is 0 Å². The first-order valence-corrected chi connectivity index (χ1v) is 6.71. The van der Waals surface area contributed by atoms with Crippen LogP contribution in [0.4, 0.5) is 5.00 Å². The molecule has 1 atom stereocenters. The Morgan fingerprint density at radius 2 is 2.39 bits per heavy atom. The molecule has 7 heteroatoms. The van der Waals surface area contributed by atoms with E-state index in [1.165, 1.54) is 24.2 Å². The van der Waals surface area contributed by atoms with Gasteiger partial charge in [-0.05, 0) is 37.4 Å². The maximum atomic E-state index is 10.6. The van der Waals surface area contributed by atoms with E-state index >= 15 is 0 Å². The number of likely N-dealkylation sites (tertiary alicyclic amines) is 1. The molecular formula is C11H18ClN3O2S.